The lowest BCUT2D eigenvalue weighted by molar-refractivity contribution is 0.101. The fourth-order valence-corrected chi connectivity index (χ4v) is 3.55. The van der Waals surface area contributed by atoms with E-state index in [0.29, 0.717) is 39.5 Å². The Morgan fingerprint density at radius 1 is 1.00 bits per heavy atom. The number of halogens is 2. The topological polar surface area (TPSA) is 44.8 Å². The largest absolute Gasteiger partial charge is 0.493 e. The van der Waals surface area contributed by atoms with Gasteiger partial charge in [-0.15, -0.1) is 0 Å². The average molecular weight is 441 g/mol. The number of allylic oxidation sites excluding steroid dienone is 1. The molecule has 0 unspecified atom stereocenters. The predicted molar refractivity (Wildman–Crippen MR) is 118 cm³/mol. The highest BCUT2D eigenvalue weighted by Gasteiger charge is 2.28. The van der Waals surface area contributed by atoms with Gasteiger partial charge in [-0.2, -0.15) is 0 Å². The summed E-state index contributed by atoms with van der Waals surface area (Å²) in [6.07, 6.45) is 1.70. The highest BCUT2D eigenvalue weighted by atomic mass is 35.5. The number of benzene rings is 3. The van der Waals surface area contributed by atoms with Gasteiger partial charge in [-0.05, 0) is 43.3 Å². The van der Waals surface area contributed by atoms with Gasteiger partial charge in [0.15, 0.2) is 5.76 Å². The number of ketones is 1. The van der Waals surface area contributed by atoms with Crippen molar-refractivity contribution in [1.29, 1.82) is 0 Å². The molecular formula is C24H18Cl2O4. The van der Waals surface area contributed by atoms with Gasteiger partial charge in [0.1, 0.15) is 23.9 Å². The van der Waals surface area contributed by atoms with Gasteiger partial charge in [-0.25, -0.2) is 0 Å². The van der Waals surface area contributed by atoms with Crippen molar-refractivity contribution in [3.63, 3.8) is 0 Å². The molecule has 4 nitrogen and oxygen atoms in total. The highest BCUT2D eigenvalue weighted by Crippen LogP contribution is 2.36. The summed E-state index contributed by atoms with van der Waals surface area (Å²) < 4.78 is 17.3. The second-order valence-corrected chi connectivity index (χ2v) is 7.44. The van der Waals surface area contributed by atoms with Crippen molar-refractivity contribution in [3.8, 4) is 17.2 Å². The van der Waals surface area contributed by atoms with Gasteiger partial charge in [-0.3, -0.25) is 4.79 Å². The van der Waals surface area contributed by atoms with E-state index >= 15 is 0 Å². The van der Waals surface area contributed by atoms with Gasteiger partial charge >= 0.3 is 0 Å². The van der Waals surface area contributed by atoms with Crippen LogP contribution in [0.5, 0.6) is 17.2 Å². The number of carbonyl (C=O) groups excluding carboxylic acids is 1. The maximum Gasteiger partial charge on any atom is 0.231 e. The van der Waals surface area contributed by atoms with Gasteiger partial charge in [0, 0.05) is 27.2 Å². The Morgan fingerprint density at radius 3 is 2.63 bits per heavy atom. The molecule has 0 N–H and O–H groups in total. The number of rotatable bonds is 6. The van der Waals surface area contributed by atoms with Crippen LogP contribution < -0.4 is 14.2 Å². The molecule has 0 amide bonds. The fraction of sp³-hybridized carbons (Fsp3) is 0.125. The molecule has 0 aliphatic carbocycles. The molecule has 4 rings (SSSR count). The fourth-order valence-electron chi connectivity index (χ4n) is 3.08. The molecule has 1 aliphatic rings. The molecule has 152 valence electrons. The third kappa shape index (κ3) is 4.30. The van der Waals surface area contributed by atoms with Crippen molar-refractivity contribution in [2.45, 2.75) is 13.5 Å². The molecule has 6 heteroatoms. The summed E-state index contributed by atoms with van der Waals surface area (Å²) in [5.41, 5.74) is 2.09. The smallest absolute Gasteiger partial charge is 0.231 e. The molecule has 3 aromatic rings. The van der Waals surface area contributed by atoms with Crippen LogP contribution in [-0.2, 0) is 6.61 Å². The van der Waals surface area contributed by atoms with E-state index < -0.39 is 0 Å². The number of para-hydroxylation sites is 1. The molecular weight excluding hydrogens is 423 g/mol. The van der Waals surface area contributed by atoms with Crippen molar-refractivity contribution < 1.29 is 19.0 Å². The summed E-state index contributed by atoms with van der Waals surface area (Å²) in [6, 6.07) is 17.9. The van der Waals surface area contributed by atoms with Crippen LogP contribution in [0.2, 0.25) is 10.0 Å². The lowest BCUT2D eigenvalue weighted by Crippen LogP contribution is -1.99. The molecule has 1 aliphatic heterocycles. The summed E-state index contributed by atoms with van der Waals surface area (Å²) in [6.45, 7) is 2.72. The molecule has 0 radical (unpaired) electrons. The molecule has 0 saturated heterocycles. The van der Waals surface area contributed by atoms with Crippen LogP contribution in [0.4, 0.5) is 0 Å². The normalized spacial score (nSPS) is 13.8. The zero-order chi connectivity index (χ0) is 21.1. The first-order valence-corrected chi connectivity index (χ1v) is 10.2. The summed E-state index contributed by atoms with van der Waals surface area (Å²) >= 11 is 12.1. The lowest BCUT2D eigenvalue weighted by Gasteiger charge is -2.09. The van der Waals surface area contributed by atoms with Crippen LogP contribution in [0.1, 0.15) is 28.4 Å². The van der Waals surface area contributed by atoms with Crippen molar-refractivity contribution in [3.05, 3.63) is 93.2 Å². The van der Waals surface area contributed by atoms with Crippen molar-refractivity contribution in [1.82, 2.24) is 0 Å². The van der Waals surface area contributed by atoms with E-state index in [9.17, 15) is 4.79 Å². The van der Waals surface area contributed by atoms with Crippen molar-refractivity contribution >= 4 is 35.1 Å². The predicted octanol–water partition coefficient (Wildman–Crippen LogP) is 6.59. The van der Waals surface area contributed by atoms with E-state index in [1.807, 2.05) is 37.3 Å². The summed E-state index contributed by atoms with van der Waals surface area (Å²) in [5, 5.41) is 1.10. The highest BCUT2D eigenvalue weighted by molar-refractivity contribution is 6.35. The van der Waals surface area contributed by atoms with Crippen LogP contribution in [0, 0.1) is 0 Å². The van der Waals surface area contributed by atoms with E-state index in [-0.39, 0.29) is 18.1 Å². The summed E-state index contributed by atoms with van der Waals surface area (Å²) in [7, 11) is 0. The van der Waals surface area contributed by atoms with Crippen LogP contribution in [-0.4, -0.2) is 12.4 Å². The van der Waals surface area contributed by atoms with Crippen LogP contribution >= 0.6 is 23.2 Å². The minimum atomic E-state index is -0.177. The maximum atomic E-state index is 12.7. The molecule has 1 heterocycles. The Kier molecular flexibility index (Phi) is 5.98. The molecule has 3 aromatic carbocycles. The maximum absolute atomic E-state index is 12.7. The first kappa shape index (κ1) is 20.3. The minimum Gasteiger partial charge on any atom is -0.493 e. The number of fused-ring (bicyclic) bond motifs is 1. The van der Waals surface area contributed by atoms with E-state index in [0.717, 1.165) is 11.1 Å². The molecule has 0 fully saturated rings. The summed E-state index contributed by atoms with van der Waals surface area (Å²) in [5.74, 6) is 1.80. The molecule has 0 bridgehead atoms. The Morgan fingerprint density at radius 2 is 1.83 bits per heavy atom. The van der Waals surface area contributed by atoms with Crippen LogP contribution in [0.25, 0.3) is 6.08 Å². The second kappa shape index (κ2) is 8.82. The van der Waals surface area contributed by atoms with Gasteiger partial charge < -0.3 is 14.2 Å². The zero-order valence-corrected chi connectivity index (χ0v) is 17.7. The number of hydrogen-bond acceptors (Lipinski definition) is 4. The third-order valence-corrected chi connectivity index (χ3v) is 5.14. The Bertz CT molecular complexity index is 1140. The molecule has 0 saturated carbocycles. The van der Waals surface area contributed by atoms with E-state index in [1.54, 1.807) is 36.4 Å². The Labute approximate surface area is 184 Å². The number of carbonyl (C=O) groups is 1. The van der Waals surface area contributed by atoms with Gasteiger partial charge in [0.2, 0.25) is 5.78 Å². The standard InChI is InChI=1S/C24H18Cl2O4/c1-2-28-21-6-4-3-5-15(21)11-23-24(27)19-10-9-18(13-22(19)30-23)29-14-16-7-8-17(25)12-20(16)26/h3-13H,2,14H2,1H3. The number of Topliss-reactive ketones (excluding diaryl/α,β-unsaturated/α-hetero) is 1. The average Bonchev–Trinajstić information content (AvgIpc) is 3.04. The van der Waals surface area contributed by atoms with Crippen molar-refractivity contribution in [2.24, 2.45) is 0 Å². The molecule has 0 atom stereocenters. The van der Waals surface area contributed by atoms with Crippen LogP contribution in [0.3, 0.4) is 0 Å². The Hall–Kier alpha value is -2.95. The van der Waals surface area contributed by atoms with Crippen molar-refractivity contribution in [2.75, 3.05) is 6.61 Å². The molecule has 30 heavy (non-hydrogen) atoms. The first-order chi connectivity index (χ1) is 14.5. The molecule has 0 aromatic heterocycles. The quantitative estimate of drug-likeness (QED) is 0.405. The SMILES string of the molecule is CCOc1ccccc1C=C1Oc2cc(OCc3ccc(Cl)cc3Cl)ccc2C1=O. The monoisotopic (exact) mass is 440 g/mol. The minimum absolute atomic E-state index is 0.177. The summed E-state index contributed by atoms with van der Waals surface area (Å²) in [4.78, 5) is 12.7. The lowest BCUT2D eigenvalue weighted by atomic mass is 10.1. The van der Waals surface area contributed by atoms with Gasteiger partial charge in [0.25, 0.3) is 0 Å². The number of hydrogen-bond donors (Lipinski definition) is 0. The first-order valence-electron chi connectivity index (χ1n) is 9.42. The molecule has 0 spiro atoms. The zero-order valence-electron chi connectivity index (χ0n) is 16.2. The second-order valence-electron chi connectivity index (χ2n) is 6.59. The van der Waals surface area contributed by atoms with Crippen LogP contribution in [0.15, 0.2) is 66.4 Å². The van der Waals surface area contributed by atoms with E-state index in [1.165, 1.54) is 0 Å². The van der Waals surface area contributed by atoms with Gasteiger partial charge in [-0.1, -0.05) is 47.5 Å². The third-order valence-electron chi connectivity index (χ3n) is 4.56. The van der Waals surface area contributed by atoms with E-state index in [2.05, 4.69) is 0 Å². The number of ether oxygens (including phenoxy) is 3. The Balaban J connectivity index is 1.53. The van der Waals surface area contributed by atoms with E-state index in [4.69, 9.17) is 37.4 Å². The van der Waals surface area contributed by atoms with Gasteiger partial charge in [0.05, 0.1) is 12.2 Å².